The Hall–Kier alpha value is -2.18. The van der Waals surface area contributed by atoms with Gasteiger partial charge in [0.15, 0.2) is 0 Å². The van der Waals surface area contributed by atoms with Gasteiger partial charge in [0, 0.05) is 5.69 Å². The summed E-state index contributed by atoms with van der Waals surface area (Å²) in [5, 5.41) is 2.91. The Balaban J connectivity index is 2.27. The normalized spacial score (nSPS) is 10.2. The van der Waals surface area contributed by atoms with Crippen LogP contribution in [-0.2, 0) is 0 Å². The molecule has 0 bridgehead atoms. The number of rotatable bonds is 3. The van der Waals surface area contributed by atoms with Crippen LogP contribution >= 0.6 is 11.6 Å². The monoisotopic (exact) mass is 291 g/mol. The van der Waals surface area contributed by atoms with Crippen LogP contribution in [0.1, 0.15) is 21.7 Å². The molecular weight excluding hydrogens is 278 g/mol. The Labute approximate surface area is 121 Å². The van der Waals surface area contributed by atoms with Crippen molar-refractivity contribution in [1.82, 2.24) is 9.97 Å². The highest BCUT2D eigenvalue weighted by molar-refractivity contribution is 6.34. The van der Waals surface area contributed by atoms with Crippen LogP contribution in [0.5, 0.6) is 0 Å². The summed E-state index contributed by atoms with van der Waals surface area (Å²) in [6.07, 6.45) is 0. The Morgan fingerprint density at radius 3 is 2.60 bits per heavy atom. The van der Waals surface area contributed by atoms with Crippen LogP contribution in [0.25, 0.3) is 0 Å². The predicted molar refractivity (Wildman–Crippen MR) is 78.7 cm³/mol. The van der Waals surface area contributed by atoms with Crippen LogP contribution in [0.3, 0.4) is 0 Å². The Morgan fingerprint density at radius 2 is 1.95 bits per heavy atom. The molecule has 0 aliphatic heterocycles. The smallest absolute Gasteiger partial charge is 0.277 e. The highest BCUT2D eigenvalue weighted by Gasteiger charge is 2.14. The third kappa shape index (κ3) is 3.23. The van der Waals surface area contributed by atoms with E-state index in [0.717, 1.165) is 11.3 Å². The molecule has 20 heavy (non-hydrogen) atoms. The van der Waals surface area contributed by atoms with E-state index in [4.69, 9.17) is 17.4 Å². The maximum atomic E-state index is 12.2. The number of hydrogen-bond donors (Lipinski definition) is 3. The molecule has 0 saturated heterocycles. The zero-order valence-corrected chi connectivity index (χ0v) is 11.8. The maximum absolute atomic E-state index is 12.2. The van der Waals surface area contributed by atoms with E-state index in [1.54, 1.807) is 18.2 Å². The number of nitrogens with zero attached hydrogens (tertiary/aromatic N) is 2. The number of pyridine rings is 2. The first-order valence-corrected chi connectivity index (χ1v) is 6.27. The van der Waals surface area contributed by atoms with Crippen LogP contribution in [0, 0.1) is 13.8 Å². The molecule has 0 aliphatic carbocycles. The van der Waals surface area contributed by atoms with Crippen LogP contribution < -0.4 is 16.6 Å². The molecule has 0 aromatic carbocycles. The molecule has 0 atom stereocenters. The molecule has 0 spiro atoms. The highest BCUT2D eigenvalue weighted by atomic mass is 35.5. The largest absolute Gasteiger partial charge is 0.308 e. The van der Waals surface area contributed by atoms with E-state index in [-0.39, 0.29) is 10.7 Å². The molecule has 2 rings (SSSR count). The van der Waals surface area contributed by atoms with Gasteiger partial charge in [-0.05, 0) is 43.7 Å². The summed E-state index contributed by atoms with van der Waals surface area (Å²) in [5.74, 6) is 5.63. The zero-order chi connectivity index (χ0) is 14.7. The number of halogens is 1. The second kappa shape index (κ2) is 5.85. The third-order valence-electron chi connectivity index (χ3n) is 2.55. The van der Waals surface area contributed by atoms with Crippen LogP contribution in [0.2, 0.25) is 5.02 Å². The molecule has 0 fully saturated rings. The molecule has 2 aromatic heterocycles. The van der Waals surface area contributed by atoms with Crippen molar-refractivity contribution in [2.75, 3.05) is 10.7 Å². The first-order valence-electron chi connectivity index (χ1n) is 5.89. The fourth-order valence-electron chi connectivity index (χ4n) is 1.76. The van der Waals surface area contributed by atoms with Gasteiger partial charge in [0.05, 0.1) is 5.02 Å². The lowest BCUT2D eigenvalue weighted by Crippen LogP contribution is -2.17. The molecule has 7 heteroatoms. The number of nitrogen functional groups attached to an aromatic ring is 1. The lowest BCUT2D eigenvalue weighted by Gasteiger charge is -2.08. The standard InChI is InChI=1S/C13H14ClN5O/c1-7-5-8(2)16-11(6-7)18-13(20)12-9(14)3-4-10(17-12)19-15/h3-6H,15H2,1-2H3,(H,17,19)(H,16,18,20). The first kappa shape index (κ1) is 14.2. The van der Waals surface area contributed by atoms with Crippen LogP contribution in [-0.4, -0.2) is 15.9 Å². The van der Waals surface area contributed by atoms with E-state index in [2.05, 4.69) is 20.7 Å². The minimum Gasteiger partial charge on any atom is -0.308 e. The number of hydrazine groups is 1. The van der Waals surface area contributed by atoms with Crippen molar-refractivity contribution >= 4 is 29.1 Å². The number of anilines is 2. The molecule has 4 N–H and O–H groups in total. The van der Waals surface area contributed by atoms with Crippen molar-refractivity contribution < 1.29 is 4.79 Å². The number of aromatic nitrogens is 2. The number of hydrogen-bond acceptors (Lipinski definition) is 5. The minimum absolute atomic E-state index is 0.0862. The van der Waals surface area contributed by atoms with Gasteiger partial charge in [-0.1, -0.05) is 11.6 Å². The SMILES string of the molecule is Cc1cc(C)nc(NC(=O)c2nc(NN)ccc2Cl)c1. The molecule has 0 saturated carbocycles. The summed E-state index contributed by atoms with van der Waals surface area (Å²) in [7, 11) is 0. The fraction of sp³-hybridized carbons (Fsp3) is 0.154. The summed E-state index contributed by atoms with van der Waals surface area (Å²) < 4.78 is 0. The first-order chi connectivity index (χ1) is 9.49. The molecule has 2 heterocycles. The number of carbonyl (C=O) groups is 1. The lowest BCUT2D eigenvalue weighted by molar-refractivity contribution is 0.102. The second-order valence-electron chi connectivity index (χ2n) is 4.30. The van der Waals surface area contributed by atoms with E-state index in [1.165, 1.54) is 0 Å². The number of amides is 1. The van der Waals surface area contributed by atoms with Gasteiger partial charge in [-0.2, -0.15) is 0 Å². The number of nitrogens with one attached hydrogen (secondary N) is 2. The molecule has 0 radical (unpaired) electrons. The van der Waals surface area contributed by atoms with Gasteiger partial charge in [0.25, 0.3) is 5.91 Å². The predicted octanol–water partition coefficient (Wildman–Crippen LogP) is 2.28. The number of carbonyl (C=O) groups excluding carboxylic acids is 1. The average molecular weight is 292 g/mol. The zero-order valence-electron chi connectivity index (χ0n) is 11.1. The van der Waals surface area contributed by atoms with Gasteiger partial charge >= 0.3 is 0 Å². The Morgan fingerprint density at radius 1 is 1.20 bits per heavy atom. The van der Waals surface area contributed by atoms with Crippen molar-refractivity contribution in [1.29, 1.82) is 0 Å². The molecule has 104 valence electrons. The van der Waals surface area contributed by atoms with Crippen molar-refractivity contribution in [2.45, 2.75) is 13.8 Å². The quantitative estimate of drug-likeness (QED) is 0.596. The van der Waals surface area contributed by atoms with E-state index in [9.17, 15) is 4.79 Å². The van der Waals surface area contributed by atoms with Crippen molar-refractivity contribution in [3.05, 3.63) is 46.2 Å². The van der Waals surface area contributed by atoms with Gasteiger partial charge in [0.2, 0.25) is 0 Å². The van der Waals surface area contributed by atoms with Crippen molar-refractivity contribution in [3.8, 4) is 0 Å². The summed E-state index contributed by atoms with van der Waals surface area (Å²) in [6, 6.07) is 6.81. The maximum Gasteiger partial charge on any atom is 0.277 e. The van der Waals surface area contributed by atoms with Crippen LogP contribution in [0.4, 0.5) is 11.6 Å². The van der Waals surface area contributed by atoms with E-state index >= 15 is 0 Å². The molecule has 0 unspecified atom stereocenters. The fourth-order valence-corrected chi connectivity index (χ4v) is 1.95. The third-order valence-corrected chi connectivity index (χ3v) is 2.85. The van der Waals surface area contributed by atoms with Gasteiger partial charge in [-0.15, -0.1) is 0 Å². The summed E-state index contributed by atoms with van der Waals surface area (Å²) in [6.45, 7) is 3.78. The van der Waals surface area contributed by atoms with Gasteiger partial charge in [0.1, 0.15) is 17.3 Å². The second-order valence-corrected chi connectivity index (χ2v) is 4.70. The van der Waals surface area contributed by atoms with E-state index < -0.39 is 5.91 Å². The van der Waals surface area contributed by atoms with Crippen molar-refractivity contribution in [3.63, 3.8) is 0 Å². The molecule has 0 aliphatic rings. The number of nitrogens with two attached hydrogens (primary N) is 1. The van der Waals surface area contributed by atoms with Crippen molar-refractivity contribution in [2.24, 2.45) is 5.84 Å². The van der Waals surface area contributed by atoms with E-state index in [1.807, 2.05) is 19.9 Å². The number of aryl methyl sites for hydroxylation is 2. The molecule has 2 aromatic rings. The summed E-state index contributed by atoms with van der Waals surface area (Å²) in [4.78, 5) is 20.4. The topological polar surface area (TPSA) is 92.9 Å². The van der Waals surface area contributed by atoms with E-state index in [0.29, 0.717) is 11.6 Å². The molecule has 6 nitrogen and oxygen atoms in total. The highest BCUT2D eigenvalue weighted by Crippen LogP contribution is 2.18. The molecule has 1 amide bonds. The Kier molecular flexibility index (Phi) is 4.16. The summed E-state index contributed by atoms with van der Waals surface area (Å²) >= 11 is 5.96. The van der Waals surface area contributed by atoms with Crippen LogP contribution in [0.15, 0.2) is 24.3 Å². The minimum atomic E-state index is -0.440. The average Bonchev–Trinajstić information content (AvgIpc) is 2.37. The lowest BCUT2D eigenvalue weighted by atomic mass is 10.2. The summed E-state index contributed by atoms with van der Waals surface area (Å²) in [5.41, 5.74) is 4.27. The van der Waals surface area contributed by atoms with Gasteiger partial charge < -0.3 is 10.7 Å². The van der Waals surface area contributed by atoms with Gasteiger partial charge in [-0.25, -0.2) is 15.8 Å². The molecular formula is C13H14ClN5O. The Bertz CT molecular complexity index is 639. The van der Waals surface area contributed by atoms with Gasteiger partial charge in [-0.3, -0.25) is 4.79 Å².